The molecule has 0 bridgehead atoms. The second-order valence-corrected chi connectivity index (χ2v) is 4.76. The number of benzene rings is 1. The molecule has 1 N–H and O–H groups in total. The van der Waals surface area contributed by atoms with Crippen LogP contribution in [0.1, 0.15) is 21.7 Å². The van der Waals surface area contributed by atoms with Gasteiger partial charge in [-0.25, -0.2) is 4.98 Å². The van der Waals surface area contributed by atoms with Crippen molar-refractivity contribution < 1.29 is 9.21 Å². The third-order valence-electron chi connectivity index (χ3n) is 3.44. The summed E-state index contributed by atoms with van der Waals surface area (Å²) < 4.78 is 7.41. The zero-order valence-electron chi connectivity index (χ0n) is 11.6. The van der Waals surface area contributed by atoms with Gasteiger partial charge in [-0.15, -0.1) is 0 Å². The summed E-state index contributed by atoms with van der Waals surface area (Å²) in [5.41, 5.74) is 4.27. The van der Waals surface area contributed by atoms with E-state index in [-0.39, 0.29) is 11.7 Å². The molecule has 0 aliphatic rings. The summed E-state index contributed by atoms with van der Waals surface area (Å²) in [7, 11) is 1.57. The molecule has 0 aliphatic heterocycles. The molecule has 5 nitrogen and oxygen atoms in total. The zero-order chi connectivity index (χ0) is 14.3. The Morgan fingerprint density at radius 2 is 2.00 bits per heavy atom. The molecule has 5 heteroatoms. The van der Waals surface area contributed by atoms with Crippen LogP contribution >= 0.6 is 0 Å². The number of aromatic nitrogens is 2. The molecular weight excluding hydrogens is 254 g/mol. The first-order valence-corrected chi connectivity index (χ1v) is 6.36. The maximum absolute atomic E-state index is 11.5. The van der Waals surface area contributed by atoms with Gasteiger partial charge in [-0.3, -0.25) is 9.36 Å². The second-order valence-electron chi connectivity index (χ2n) is 4.76. The Hall–Kier alpha value is -2.56. The molecule has 0 atom stereocenters. The fraction of sp³-hybridized carbons (Fsp3) is 0.200. The third-order valence-corrected chi connectivity index (χ3v) is 3.44. The van der Waals surface area contributed by atoms with E-state index >= 15 is 0 Å². The number of hydrogen-bond donors (Lipinski definition) is 1. The third kappa shape index (κ3) is 1.87. The van der Waals surface area contributed by atoms with Crippen molar-refractivity contribution >= 4 is 16.9 Å². The number of carbonyl (C=O) groups excluding carboxylic acids is 1. The number of nitrogens with one attached hydrogen (secondary N) is 1. The van der Waals surface area contributed by atoms with Crippen LogP contribution in [0, 0.1) is 13.8 Å². The van der Waals surface area contributed by atoms with Gasteiger partial charge in [-0.05, 0) is 43.2 Å². The molecular formula is C15H15N3O2. The highest BCUT2D eigenvalue weighted by Gasteiger charge is 2.13. The standard InChI is InChI=1S/C15H15N3O2/c1-9-6-11-12(7-10(9)2)18(8-17-11)14-5-4-13(20-14)15(19)16-3/h4-8H,1-3H3,(H,16,19). The smallest absolute Gasteiger partial charge is 0.286 e. The van der Waals surface area contributed by atoms with Crippen molar-refractivity contribution in [1.82, 2.24) is 14.9 Å². The first-order valence-electron chi connectivity index (χ1n) is 6.36. The van der Waals surface area contributed by atoms with Gasteiger partial charge in [0.25, 0.3) is 5.91 Å². The summed E-state index contributed by atoms with van der Waals surface area (Å²) in [5.74, 6) is 0.621. The maximum Gasteiger partial charge on any atom is 0.286 e. The summed E-state index contributed by atoms with van der Waals surface area (Å²) in [4.78, 5) is 15.9. The average molecular weight is 269 g/mol. The van der Waals surface area contributed by atoms with Crippen LogP contribution in [0.5, 0.6) is 0 Å². The Morgan fingerprint density at radius 1 is 1.25 bits per heavy atom. The lowest BCUT2D eigenvalue weighted by Gasteiger charge is -2.03. The van der Waals surface area contributed by atoms with Crippen molar-refractivity contribution in [2.75, 3.05) is 7.05 Å². The topological polar surface area (TPSA) is 60.1 Å². The van der Waals surface area contributed by atoms with Crippen LogP contribution in [0.15, 0.2) is 35.0 Å². The molecule has 2 heterocycles. The minimum absolute atomic E-state index is 0.243. The number of carbonyl (C=O) groups is 1. The largest absolute Gasteiger partial charge is 0.435 e. The van der Waals surface area contributed by atoms with Crippen LogP contribution in [-0.4, -0.2) is 22.5 Å². The number of furan rings is 1. The lowest BCUT2D eigenvalue weighted by atomic mass is 10.1. The number of amides is 1. The van der Waals surface area contributed by atoms with Crippen LogP contribution in [0.25, 0.3) is 16.9 Å². The molecule has 0 spiro atoms. The van der Waals surface area contributed by atoms with Crippen molar-refractivity contribution in [1.29, 1.82) is 0 Å². The van der Waals surface area contributed by atoms with Gasteiger partial charge < -0.3 is 9.73 Å². The van der Waals surface area contributed by atoms with E-state index in [1.807, 2.05) is 10.6 Å². The van der Waals surface area contributed by atoms with Gasteiger partial charge in [0.2, 0.25) is 5.88 Å². The fourth-order valence-electron chi connectivity index (χ4n) is 2.14. The van der Waals surface area contributed by atoms with Crippen LogP contribution in [0.2, 0.25) is 0 Å². The summed E-state index contributed by atoms with van der Waals surface area (Å²) in [5, 5.41) is 2.54. The number of hydrogen-bond acceptors (Lipinski definition) is 3. The van der Waals surface area contributed by atoms with Crippen molar-refractivity contribution in [2.45, 2.75) is 13.8 Å². The normalized spacial score (nSPS) is 10.9. The molecule has 0 unspecified atom stereocenters. The molecule has 0 radical (unpaired) electrons. The molecule has 1 amide bonds. The predicted octanol–water partition coefficient (Wildman–Crippen LogP) is 2.59. The van der Waals surface area contributed by atoms with E-state index in [0.717, 1.165) is 11.0 Å². The molecule has 0 aliphatic carbocycles. The highest BCUT2D eigenvalue weighted by atomic mass is 16.4. The molecule has 3 rings (SSSR count). The Labute approximate surface area is 116 Å². The van der Waals surface area contributed by atoms with Crippen molar-refractivity contribution in [3.05, 3.63) is 47.5 Å². The van der Waals surface area contributed by atoms with Crippen molar-refractivity contribution in [3.63, 3.8) is 0 Å². The van der Waals surface area contributed by atoms with E-state index in [4.69, 9.17) is 4.42 Å². The highest BCUT2D eigenvalue weighted by molar-refractivity contribution is 5.91. The lowest BCUT2D eigenvalue weighted by molar-refractivity contribution is 0.0935. The first-order chi connectivity index (χ1) is 9.60. The summed E-state index contributed by atoms with van der Waals surface area (Å²) >= 11 is 0. The van der Waals surface area contributed by atoms with Gasteiger partial charge >= 0.3 is 0 Å². The Bertz CT molecular complexity index is 799. The Balaban J connectivity index is 2.12. The summed E-state index contributed by atoms with van der Waals surface area (Å²) in [6.45, 7) is 4.12. The number of aryl methyl sites for hydroxylation is 2. The second kappa shape index (κ2) is 4.52. The van der Waals surface area contributed by atoms with Gasteiger partial charge in [-0.1, -0.05) is 0 Å². The average Bonchev–Trinajstić information content (AvgIpc) is 3.05. The SMILES string of the molecule is CNC(=O)c1ccc(-n2cnc3cc(C)c(C)cc32)o1. The molecule has 0 saturated carbocycles. The Morgan fingerprint density at radius 3 is 2.75 bits per heavy atom. The summed E-state index contributed by atoms with van der Waals surface area (Å²) in [6, 6.07) is 7.53. The van der Waals surface area contributed by atoms with Crippen LogP contribution < -0.4 is 5.32 Å². The van der Waals surface area contributed by atoms with E-state index in [9.17, 15) is 4.79 Å². The molecule has 0 fully saturated rings. The minimum Gasteiger partial charge on any atom is -0.435 e. The van der Waals surface area contributed by atoms with Gasteiger partial charge in [0.15, 0.2) is 5.76 Å². The molecule has 102 valence electrons. The number of rotatable bonds is 2. The fourth-order valence-corrected chi connectivity index (χ4v) is 2.14. The first kappa shape index (κ1) is 12.5. The Kier molecular flexibility index (Phi) is 2.82. The number of fused-ring (bicyclic) bond motifs is 1. The summed E-state index contributed by atoms with van der Waals surface area (Å²) in [6.07, 6.45) is 1.70. The molecule has 2 aromatic heterocycles. The van der Waals surface area contributed by atoms with E-state index < -0.39 is 0 Å². The monoisotopic (exact) mass is 269 g/mol. The maximum atomic E-state index is 11.5. The predicted molar refractivity (Wildman–Crippen MR) is 76.2 cm³/mol. The van der Waals surface area contributed by atoms with Crippen LogP contribution in [0.4, 0.5) is 0 Å². The van der Waals surface area contributed by atoms with Gasteiger partial charge in [-0.2, -0.15) is 0 Å². The molecule has 0 saturated heterocycles. The van der Waals surface area contributed by atoms with E-state index in [0.29, 0.717) is 5.88 Å². The van der Waals surface area contributed by atoms with Crippen LogP contribution in [0.3, 0.4) is 0 Å². The van der Waals surface area contributed by atoms with Crippen LogP contribution in [-0.2, 0) is 0 Å². The molecule has 20 heavy (non-hydrogen) atoms. The van der Waals surface area contributed by atoms with E-state index in [1.165, 1.54) is 11.1 Å². The van der Waals surface area contributed by atoms with Gasteiger partial charge in [0.05, 0.1) is 11.0 Å². The number of imidazole rings is 1. The highest BCUT2D eigenvalue weighted by Crippen LogP contribution is 2.23. The molecule has 3 aromatic rings. The van der Waals surface area contributed by atoms with Crippen molar-refractivity contribution in [3.8, 4) is 5.88 Å². The lowest BCUT2D eigenvalue weighted by Crippen LogP contribution is -2.16. The van der Waals surface area contributed by atoms with E-state index in [1.54, 1.807) is 25.5 Å². The minimum atomic E-state index is -0.243. The molecule has 1 aromatic carbocycles. The number of nitrogens with zero attached hydrogens (tertiary/aromatic N) is 2. The van der Waals surface area contributed by atoms with Gasteiger partial charge in [0, 0.05) is 13.1 Å². The quantitative estimate of drug-likeness (QED) is 0.778. The van der Waals surface area contributed by atoms with Crippen molar-refractivity contribution in [2.24, 2.45) is 0 Å². The van der Waals surface area contributed by atoms with Gasteiger partial charge in [0.1, 0.15) is 6.33 Å². The zero-order valence-corrected chi connectivity index (χ0v) is 11.6. The van der Waals surface area contributed by atoms with E-state index in [2.05, 4.69) is 30.2 Å².